The van der Waals surface area contributed by atoms with Gasteiger partial charge in [0, 0.05) is 25.2 Å². The van der Waals surface area contributed by atoms with Gasteiger partial charge < -0.3 is 19.7 Å². The van der Waals surface area contributed by atoms with Crippen LogP contribution in [0.4, 0.5) is 11.6 Å². The van der Waals surface area contributed by atoms with E-state index < -0.39 is 0 Å². The van der Waals surface area contributed by atoms with Gasteiger partial charge in [-0.15, -0.1) is 0 Å². The minimum Gasteiger partial charge on any atom is -0.493 e. The highest BCUT2D eigenvalue weighted by Gasteiger charge is 2.21. The summed E-state index contributed by atoms with van der Waals surface area (Å²) < 4.78 is 10.9. The van der Waals surface area contributed by atoms with Gasteiger partial charge in [0.1, 0.15) is 18.0 Å². The minimum absolute atomic E-state index is 0.532. The van der Waals surface area contributed by atoms with Gasteiger partial charge in [0.05, 0.1) is 14.2 Å². The first-order chi connectivity index (χ1) is 13.8. The molecule has 1 aliphatic heterocycles. The second-order valence-electron chi connectivity index (χ2n) is 7.74. The van der Waals surface area contributed by atoms with Crippen LogP contribution in [0.15, 0.2) is 24.5 Å². The lowest BCUT2D eigenvalue weighted by Gasteiger charge is -2.30. The molecule has 1 aromatic heterocycles. The fraction of sp³-hybridized carbons (Fsp3) is 0.545. The number of benzene rings is 1. The molecular formula is C22H30N4O2. The lowest BCUT2D eigenvalue weighted by atomic mass is 9.99. The monoisotopic (exact) mass is 382 g/mol. The average molecular weight is 383 g/mol. The van der Waals surface area contributed by atoms with Crippen LogP contribution < -0.4 is 19.7 Å². The molecule has 6 nitrogen and oxygen atoms in total. The maximum atomic E-state index is 5.48. The lowest BCUT2D eigenvalue weighted by molar-refractivity contribution is 0.353. The Balaban J connectivity index is 1.49. The van der Waals surface area contributed by atoms with Crippen LogP contribution in [0.1, 0.15) is 49.7 Å². The predicted molar refractivity (Wildman–Crippen MR) is 111 cm³/mol. The first-order valence-corrected chi connectivity index (χ1v) is 10.3. The first-order valence-electron chi connectivity index (χ1n) is 10.3. The highest BCUT2D eigenvalue weighted by molar-refractivity contribution is 5.54. The maximum Gasteiger partial charge on any atom is 0.161 e. The molecule has 4 rings (SSSR count). The Labute approximate surface area is 167 Å². The molecule has 1 saturated carbocycles. The zero-order valence-electron chi connectivity index (χ0n) is 16.9. The van der Waals surface area contributed by atoms with E-state index in [0.717, 1.165) is 42.6 Å². The Morgan fingerprint density at radius 2 is 1.64 bits per heavy atom. The van der Waals surface area contributed by atoms with Crippen molar-refractivity contribution in [1.82, 2.24) is 9.97 Å². The molecule has 28 heavy (non-hydrogen) atoms. The Morgan fingerprint density at radius 3 is 2.36 bits per heavy atom. The molecule has 1 aromatic carbocycles. The van der Waals surface area contributed by atoms with E-state index in [1.165, 1.54) is 49.7 Å². The second kappa shape index (κ2) is 8.67. The SMILES string of the molecule is COc1cc2c(cc1OC)CN(c1cc(NC3CCCCCC3)ncn1)CC2. The van der Waals surface area contributed by atoms with Gasteiger partial charge in [0.25, 0.3) is 0 Å². The third-order valence-corrected chi connectivity index (χ3v) is 5.90. The van der Waals surface area contributed by atoms with E-state index in [2.05, 4.69) is 38.4 Å². The molecule has 1 fully saturated rings. The summed E-state index contributed by atoms with van der Waals surface area (Å²) in [6.45, 7) is 1.75. The summed E-state index contributed by atoms with van der Waals surface area (Å²) in [5.41, 5.74) is 2.58. The van der Waals surface area contributed by atoms with Gasteiger partial charge in [-0.25, -0.2) is 9.97 Å². The fourth-order valence-corrected chi connectivity index (χ4v) is 4.31. The standard InChI is InChI=1S/C22H30N4O2/c1-27-19-11-16-9-10-26(14-17(16)12-20(19)28-2)22-13-21(23-15-24-22)25-18-7-5-3-4-6-8-18/h11-13,15,18H,3-10,14H2,1-2H3,(H,23,24,25). The molecule has 150 valence electrons. The van der Waals surface area contributed by atoms with Gasteiger partial charge in [-0.2, -0.15) is 0 Å². The molecule has 2 aliphatic rings. The van der Waals surface area contributed by atoms with Crippen molar-refractivity contribution >= 4 is 11.6 Å². The Hall–Kier alpha value is -2.50. The molecule has 2 aromatic rings. The normalized spacial score (nSPS) is 17.6. The molecule has 0 unspecified atom stereocenters. The van der Waals surface area contributed by atoms with Gasteiger partial charge in [-0.05, 0) is 42.5 Å². The van der Waals surface area contributed by atoms with Gasteiger partial charge in [0.15, 0.2) is 11.5 Å². The molecule has 0 radical (unpaired) electrons. The number of aromatic nitrogens is 2. The van der Waals surface area contributed by atoms with E-state index >= 15 is 0 Å². The average Bonchev–Trinajstić information content (AvgIpc) is 3.01. The van der Waals surface area contributed by atoms with E-state index in [4.69, 9.17) is 9.47 Å². The summed E-state index contributed by atoms with van der Waals surface area (Å²) in [6, 6.07) is 6.82. The molecule has 1 aliphatic carbocycles. The third-order valence-electron chi connectivity index (χ3n) is 5.90. The van der Waals surface area contributed by atoms with Crippen molar-refractivity contribution in [2.75, 3.05) is 31.0 Å². The summed E-state index contributed by atoms with van der Waals surface area (Å²) in [7, 11) is 3.36. The van der Waals surface area contributed by atoms with Crippen molar-refractivity contribution in [2.24, 2.45) is 0 Å². The number of methoxy groups -OCH3 is 2. The molecule has 0 spiro atoms. The molecular weight excluding hydrogens is 352 g/mol. The zero-order chi connectivity index (χ0) is 19.3. The van der Waals surface area contributed by atoms with Gasteiger partial charge in [0.2, 0.25) is 0 Å². The van der Waals surface area contributed by atoms with E-state index in [1.54, 1.807) is 20.5 Å². The van der Waals surface area contributed by atoms with Gasteiger partial charge in [-0.1, -0.05) is 25.7 Å². The number of hydrogen-bond acceptors (Lipinski definition) is 6. The molecule has 0 amide bonds. The number of nitrogens with one attached hydrogen (secondary N) is 1. The smallest absolute Gasteiger partial charge is 0.161 e. The predicted octanol–water partition coefficient (Wildman–Crippen LogP) is 4.19. The zero-order valence-corrected chi connectivity index (χ0v) is 16.9. The van der Waals surface area contributed by atoms with Gasteiger partial charge >= 0.3 is 0 Å². The fourth-order valence-electron chi connectivity index (χ4n) is 4.31. The Bertz CT molecular complexity index is 803. The number of fused-ring (bicyclic) bond motifs is 1. The molecule has 0 bridgehead atoms. The number of rotatable bonds is 5. The van der Waals surface area contributed by atoms with Crippen LogP contribution in [0.3, 0.4) is 0 Å². The van der Waals surface area contributed by atoms with Crippen LogP contribution in [-0.4, -0.2) is 36.8 Å². The van der Waals surface area contributed by atoms with E-state index in [0.29, 0.717) is 6.04 Å². The number of anilines is 2. The highest BCUT2D eigenvalue weighted by Crippen LogP contribution is 2.34. The summed E-state index contributed by atoms with van der Waals surface area (Å²) in [5.74, 6) is 3.50. The lowest BCUT2D eigenvalue weighted by Crippen LogP contribution is -2.31. The second-order valence-corrected chi connectivity index (χ2v) is 7.74. The molecule has 6 heteroatoms. The van der Waals surface area contributed by atoms with Crippen LogP contribution >= 0.6 is 0 Å². The van der Waals surface area contributed by atoms with Crippen LogP contribution in [0, 0.1) is 0 Å². The summed E-state index contributed by atoms with van der Waals surface area (Å²) in [4.78, 5) is 11.3. The van der Waals surface area contributed by atoms with Crippen LogP contribution in [-0.2, 0) is 13.0 Å². The maximum absolute atomic E-state index is 5.48. The molecule has 0 atom stereocenters. The number of nitrogens with zero attached hydrogens (tertiary/aromatic N) is 3. The number of ether oxygens (including phenoxy) is 2. The molecule has 2 heterocycles. The summed E-state index contributed by atoms with van der Waals surface area (Å²) >= 11 is 0. The Kier molecular flexibility index (Phi) is 5.84. The topological polar surface area (TPSA) is 59.5 Å². The van der Waals surface area contributed by atoms with Crippen LogP contribution in [0.2, 0.25) is 0 Å². The molecule has 1 N–H and O–H groups in total. The summed E-state index contributed by atoms with van der Waals surface area (Å²) in [6.07, 6.45) is 10.4. The van der Waals surface area contributed by atoms with Crippen molar-refractivity contribution in [3.05, 3.63) is 35.7 Å². The molecule has 0 saturated heterocycles. The van der Waals surface area contributed by atoms with Crippen molar-refractivity contribution in [2.45, 2.75) is 57.5 Å². The van der Waals surface area contributed by atoms with Crippen molar-refractivity contribution in [1.29, 1.82) is 0 Å². The number of hydrogen-bond donors (Lipinski definition) is 1. The van der Waals surface area contributed by atoms with Crippen molar-refractivity contribution in [3.63, 3.8) is 0 Å². The minimum atomic E-state index is 0.532. The van der Waals surface area contributed by atoms with E-state index in [9.17, 15) is 0 Å². The quantitative estimate of drug-likeness (QED) is 0.783. The highest BCUT2D eigenvalue weighted by atomic mass is 16.5. The van der Waals surface area contributed by atoms with Crippen LogP contribution in [0.25, 0.3) is 0 Å². The van der Waals surface area contributed by atoms with Crippen molar-refractivity contribution < 1.29 is 9.47 Å². The largest absolute Gasteiger partial charge is 0.493 e. The summed E-state index contributed by atoms with van der Waals surface area (Å²) in [5, 5.41) is 3.64. The first kappa shape index (κ1) is 18.8. The van der Waals surface area contributed by atoms with E-state index in [1.807, 2.05) is 0 Å². The van der Waals surface area contributed by atoms with Crippen LogP contribution in [0.5, 0.6) is 11.5 Å². The Morgan fingerprint density at radius 1 is 0.929 bits per heavy atom. The van der Waals surface area contributed by atoms with Crippen molar-refractivity contribution in [3.8, 4) is 11.5 Å². The van der Waals surface area contributed by atoms with Gasteiger partial charge in [-0.3, -0.25) is 0 Å². The third kappa shape index (κ3) is 4.16. The van der Waals surface area contributed by atoms with E-state index in [-0.39, 0.29) is 0 Å².